The van der Waals surface area contributed by atoms with Crippen LogP contribution in [0.25, 0.3) is 183 Å². The molecule has 0 radical (unpaired) electrons. The van der Waals surface area contributed by atoms with Gasteiger partial charge in [-0.05, 0) is 180 Å². The monoisotopic (exact) mass is 1340 g/mol. The van der Waals surface area contributed by atoms with Gasteiger partial charge in [0.2, 0.25) is 0 Å². The molecule has 0 spiro atoms. The van der Waals surface area contributed by atoms with E-state index in [1.165, 1.54) is 121 Å². The molecule has 0 atom stereocenters. The maximum atomic E-state index is 5.49. The number of rotatable bonds is 10. The van der Waals surface area contributed by atoms with Crippen LogP contribution in [0.2, 0.25) is 0 Å². The van der Waals surface area contributed by atoms with E-state index in [-0.39, 0.29) is 10.8 Å². The van der Waals surface area contributed by atoms with Gasteiger partial charge in [0.15, 0.2) is 5.82 Å². The molecule has 2 aliphatic carbocycles. The summed E-state index contributed by atoms with van der Waals surface area (Å²) in [7, 11) is 0. The van der Waals surface area contributed by atoms with Crippen LogP contribution in [0.5, 0.6) is 0 Å². The van der Waals surface area contributed by atoms with Crippen molar-refractivity contribution in [2.45, 2.75) is 38.5 Å². The van der Waals surface area contributed by atoms with E-state index < -0.39 is 0 Å². The van der Waals surface area contributed by atoms with Crippen LogP contribution in [0.1, 0.15) is 49.9 Å². The summed E-state index contributed by atoms with van der Waals surface area (Å²) < 4.78 is 7.41. The minimum absolute atomic E-state index is 0.124. The van der Waals surface area contributed by atoms with E-state index in [4.69, 9.17) is 9.97 Å². The molecule has 5 heteroatoms. The molecule has 15 aromatic carbocycles. The van der Waals surface area contributed by atoms with Crippen molar-refractivity contribution in [3.63, 3.8) is 0 Å². The summed E-state index contributed by atoms with van der Waals surface area (Å²) in [6.07, 6.45) is 0. The van der Waals surface area contributed by atoms with Crippen molar-refractivity contribution in [3.8, 4) is 118 Å². The Labute approximate surface area is 609 Å². The van der Waals surface area contributed by atoms with Crippen LogP contribution in [0, 0.1) is 0 Å². The largest absolute Gasteiger partial charge is 0.309 e. The second kappa shape index (κ2) is 23.2. The highest BCUT2D eigenvalue weighted by Gasteiger charge is 2.37. The summed E-state index contributed by atoms with van der Waals surface area (Å²) in [5.41, 5.74) is 34.7. The lowest BCUT2D eigenvalue weighted by molar-refractivity contribution is 0.660. The van der Waals surface area contributed by atoms with E-state index >= 15 is 0 Å². The fourth-order valence-electron chi connectivity index (χ4n) is 17.8. The van der Waals surface area contributed by atoms with Gasteiger partial charge in [-0.2, -0.15) is 0 Å². The molecule has 0 aliphatic heterocycles. The van der Waals surface area contributed by atoms with Crippen LogP contribution >= 0.6 is 0 Å². The van der Waals surface area contributed by atoms with Crippen molar-refractivity contribution in [1.82, 2.24) is 23.7 Å². The third kappa shape index (κ3) is 9.48. The number of aromatic nitrogens is 5. The molecule has 0 fully saturated rings. The van der Waals surface area contributed by atoms with Crippen LogP contribution in [0.4, 0.5) is 0 Å². The molecule has 19 aromatic rings. The number of benzene rings is 15. The second-order valence-corrected chi connectivity index (χ2v) is 29.7. The van der Waals surface area contributed by atoms with Gasteiger partial charge in [0.25, 0.3) is 0 Å². The van der Waals surface area contributed by atoms with Crippen molar-refractivity contribution < 1.29 is 0 Å². The molecule has 105 heavy (non-hydrogen) atoms. The average Bonchev–Trinajstić information content (AvgIpc) is 1.58. The van der Waals surface area contributed by atoms with Crippen LogP contribution in [-0.4, -0.2) is 23.7 Å². The lowest BCUT2D eigenvalue weighted by Gasteiger charge is -2.22. The SMILES string of the molecule is CC1(C)c2ccccc2-c2ccc(-n3c4ccccc4c4cc(-c5ccc6c7ccc(-c8ccc9c(c8)c8ccccc8n9-c8ccc9c(c8)C(C)(C)c8ccccc8-9)cc7n(-c7cccc(-c8nc(-c9ccc(-c%10ccccc%10)cc9)cc(-c9ccc(-c%10ccccc%10)cc9)n8)c7)c6c5)ccc43)cc21. The Kier molecular flexibility index (Phi) is 13.3. The molecule has 0 saturated heterocycles. The Morgan fingerprint density at radius 3 is 1.03 bits per heavy atom. The van der Waals surface area contributed by atoms with Crippen molar-refractivity contribution in [1.29, 1.82) is 0 Å². The Morgan fingerprint density at radius 1 is 0.200 bits per heavy atom. The zero-order valence-corrected chi connectivity index (χ0v) is 58.6. The first-order valence-electron chi connectivity index (χ1n) is 36.5. The van der Waals surface area contributed by atoms with Crippen molar-refractivity contribution >= 4 is 65.4 Å². The van der Waals surface area contributed by atoms with Gasteiger partial charge in [0.1, 0.15) is 0 Å². The maximum absolute atomic E-state index is 5.49. The topological polar surface area (TPSA) is 40.6 Å². The number of nitrogens with zero attached hydrogens (tertiary/aromatic N) is 5. The van der Waals surface area contributed by atoms with E-state index in [0.29, 0.717) is 5.82 Å². The van der Waals surface area contributed by atoms with Crippen LogP contribution < -0.4 is 0 Å². The average molecular weight is 1340 g/mol. The third-order valence-corrected chi connectivity index (χ3v) is 23.1. The fourth-order valence-corrected chi connectivity index (χ4v) is 17.8. The van der Waals surface area contributed by atoms with E-state index in [9.17, 15) is 0 Å². The number of hydrogen-bond donors (Lipinski definition) is 0. The predicted molar refractivity (Wildman–Crippen MR) is 438 cm³/mol. The molecular formula is C100H69N5. The summed E-state index contributed by atoms with van der Waals surface area (Å²) in [5, 5.41) is 7.21. The van der Waals surface area contributed by atoms with Gasteiger partial charge >= 0.3 is 0 Å². The molecule has 4 aromatic heterocycles. The van der Waals surface area contributed by atoms with Gasteiger partial charge in [-0.1, -0.05) is 282 Å². The van der Waals surface area contributed by atoms with E-state index in [2.05, 4.69) is 387 Å². The van der Waals surface area contributed by atoms with Crippen molar-refractivity contribution in [2.24, 2.45) is 0 Å². The minimum atomic E-state index is -0.124. The normalized spacial score (nSPS) is 13.3. The molecule has 0 unspecified atom stereocenters. The first-order chi connectivity index (χ1) is 51.5. The van der Waals surface area contributed by atoms with Crippen LogP contribution in [-0.2, 0) is 10.8 Å². The Hall–Kier alpha value is -13.2. The zero-order chi connectivity index (χ0) is 69.8. The quantitative estimate of drug-likeness (QED) is 0.137. The van der Waals surface area contributed by atoms with Gasteiger partial charge < -0.3 is 13.7 Å². The molecule has 494 valence electrons. The molecule has 2 aliphatic rings. The molecule has 0 amide bonds. The Balaban J connectivity index is 0.728. The van der Waals surface area contributed by atoms with Gasteiger partial charge in [-0.25, -0.2) is 9.97 Å². The van der Waals surface area contributed by atoms with E-state index in [1.807, 2.05) is 0 Å². The molecule has 21 rings (SSSR count). The Bertz CT molecular complexity index is 6420. The van der Waals surface area contributed by atoms with Gasteiger partial charge in [0, 0.05) is 76.9 Å². The summed E-state index contributed by atoms with van der Waals surface area (Å²) >= 11 is 0. The molecule has 0 saturated carbocycles. The predicted octanol–water partition coefficient (Wildman–Crippen LogP) is 26.0. The number of fused-ring (bicyclic) bond motifs is 15. The standard InChI is InChI=1S/C100H69N5/c1-99(2)86-30-15-11-26-76(86)78-50-46-74(59-88(78)99)103-92-32-17-13-28-80(92)84-55-68(44-52-94(84)103)70-42-48-82-83-49-43-71(69-45-53-95-85(56-69)81-29-14-18-33-93(81)104(95)75-47-51-79-77-27-12-16-31-87(77)100(3,4)89(79)60-75)58-97(83)105(96(82)57-70)73-25-19-24-72(54-73)98-101-90(66-38-34-64(35-39-66)62-20-7-5-8-21-62)61-91(102-98)67-40-36-65(37-41-67)63-22-9-6-10-23-63/h5-61H,1-4H3. The summed E-state index contributed by atoms with van der Waals surface area (Å²) in [6.45, 7) is 9.46. The number of para-hydroxylation sites is 2. The van der Waals surface area contributed by atoms with Crippen molar-refractivity contribution in [2.75, 3.05) is 0 Å². The zero-order valence-electron chi connectivity index (χ0n) is 58.6. The highest BCUT2D eigenvalue weighted by molar-refractivity contribution is 6.15. The first-order valence-corrected chi connectivity index (χ1v) is 36.5. The lowest BCUT2D eigenvalue weighted by Crippen LogP contribution is -2.15. The van der Waals surface area contributed by atoms with Crippen LogP contribution in [0.3, 0.4) is 0 Å². The highest BCUT2D eigenvalue weighted by atomic mass is 15.0. The van der Waals surface area contributed by atoms with Gasteiger partial charge in [0.05, 0.1) is 44.5 Å². The van der Waals surface area contributed by atoms with Crippen LogP contribution in [0.15, 0.2) is 346 Å². The van der Waals surface area contributed by atoms with Gasteiger partial charge in [-0.15, -0.1) is 0 Å². The number of hydrogen-bond acceptors (Lipinski definition) is 2. The summed E-state index contributed by atoms with van der Waals surface area (Å²) in [5.74, 6) is 0.646. The second-order valence-electron chi connectivity index (χ2n) is 29.7. The summed E-state index contributed by atoms with van der Waals surface area (Å²) in [6, 6.07) is 128. The third-order valence-electron chi connectivity index (χ3n) is 23.1. The molecule has 4 heterocycles. The molecule has 0 bridgehead atoms. The molecular weight excluding hydrogens is 1270 g/mol. The first kappa shape index (κ1) is 60.5. The minimum Gasteiger partial charge on any atom is -0.309 e. The van der Waals surface area contributed by atoms with E-state index in [0.717, 1.165) is 78.2 Å². The highest BCUT2D eigenvalue weighted by Crippen LogP contribution is 2.52. The van der Waals surface area contributed by atoms with Crippen molar-refractivity contribution in [3.05, 3.63) is 368 Å². The molecule has 5 nitrogen and oxygen atoms in total. The van der Waals surface area contributed by atoms with Gasteiger partial charge in [-0.3, -0.25) is 0 Å². The maximum Gasteiger partial charge on any atom is 0.160 e. The Morgan fingerprint density at radius 2 is 0.543 bits per heavy atom. The smallest absolute Gasteiger partial charge is 0.160 e. The fraction of sp³-hybridized carbons (Fsp3) is 0.0600. The lowest BCUT2D eigenvalue weighted by atomic mass is 9.82. The van der Waals surface area contributed by atoms with E-state index in [1.54, 1.807) is 0 Å². The molecule has 0 N–H and O–H groups in total. The summed E-state index contributed by atoms with van der Waals surface area (Å²) in [4.78, 5) is 11.0.